The Bertz CT molecular complexity index is 730. The van der Waals surface area contributed by atoms with Gasteiger partial charge in [0.2, 0.25) is 0 Å². The Morgan fingerprint density at radius 3 is 2.47 bits per heavy atom. The van der Waals surface area contributed by atoms with Gasteiger partial charge in [-0.2, -0.15) is 5.10 Å². The number of hydrogen-bond donors (Lipinski definition) is 1. The van der Waals surface area contributed by atoms with E-state index in [-0.39, 0.29) is 5.56 Å². The number of hydrogen-bond acceptors (Lipinski definition) is 3. The van der Waals surface area contributed by atoms with Crippen molar-refractivity contribution in [2.75, 3.05) is 0 Å². The molecule has 0 aliphatic heterocycles. The van der Waals surface area contributed by atoms with Crippen LogP contribution in [-0.2, 0) is 0 Å². The number of nitrogens with zero attached hydrogens (tertiary/aromatic N) is 2. The Labute approximate surface area is 109 Å². The fraction of sp³-hybridized carbons (Fsp3) is 0. The normalized spacial score (nSPS) is 10.3. The van der Waals surface area contributed by atoms with Gasteiger partial charge in [0.1, 0.15) is 0 Å². The van der Waals surface area contributed by atoms with E-state index in [9.17, 15) is 4.79 Å². The maximum Gasteiger partial charge on any atom is 0.264 e. The van der Waals surface area contributed by atoms with Crippen molar-refractivity contribution in [1.29, 1.82) is 0 Å². The quantitative estimate of drug-likeness (QED) is 0.759. The zero-order valence-electron chi connectivity index (χ0n) is 10.1. The van der Waals surface area contributed by atoms with Crippen LogP contribution in [0.3, 0.4) is 0 Å². The summed E-state index contributed by atoms with van der Waals surface area (Å²) in [6, 6.07) is 16.8. The van der Waals surface area contributed by atoms with Crippen LogP contribution in [0, 0.1) is 0 Å². The molecule has 0 amide bonds. The molecule has 19 heavy (non-hydrogen) atoms. The smallest absolute Gasteiger partial charge is 0.264 e. The van der Waals surface area contributed by atoms with E-state index < -0.39 is 0 Å². The highest BCUT2D eigenvalue weighted by Crippen LogP contribution is 2.27. The van der Waals surface area contributed by atoms with Gasteiger partial charge in [0.25, 0.3) is 5.56 Å². The molecule has 0 unspecified atom stereocenters. The summed E-state index contributed by atoms with van der Waals surface area (Å²) >= 11 is 0. The molecule has 4 nitrogen and oxygen atoms in total. The molecule has 1 aromatic carbocycles. The molecular weight excluding hydrogens is 238 g/mol. The second kappa shape index (κ2) is 4.86. The Morgan fingerprint density at radius 1 is 0.895 bits per heavy atom. The van der Waals surface area contributed by atoms with Crippen LogP contribution in [0.15, 0.2) is 65.6 Å². The van der Waals surface area contributed by atoms with Crippen molar-refractivity contribution >= 4 is 0 Å². The van der Waals surface area contributed by atoms with Gasteiger partial charge in [-0.1, -0.05) is 30.3 Å². The number of rotatable bonds is 2. The SMILES string of the molecule is O=c1ccc(-c2cccnc2-c2ccccc2)n[nH]1. The van der Waals surface area contributed by atoms with Gasteiger partial charge in [-0.15, -0.1) is 0 Å². The second-order valence-electron chi connectivity index (χ2n) is 4.07. The second-order valence-corrected chi connectivity index (χ2v) is 4.07. The van der Waals surface area contributed by atoms with Crippen LogP contribution in [0.2, 0.25) is 0 Å². The maximum atomic E-state index is 11.1. The van der Waals surface area contributed by atoms with Crippen molar-refractivity contribution in [3.63, 3.8) is 0 Å². The first-order valence-corrected chi connectivity index (χ1v) is 5.91. The fourth-order valence-corrected chi connectivity index (χ4v) is 1.93. The summed E-state index contributed by atoms with van der Waals surface area (Å²) in [6.07, 6.45) is 1.75. The molecule has 0 fully saturated rings. The Balaban J connectivity index is 2.18. The van der Waals surface area contributed by atoms with Gasteiger partial charge in [0.15, 0.2) is 0 Å². The lowest BCUT2D eigenvalue weighted by Gasteiger charge is -2.07. The molecule has 0 aliphatic carbocycles. The molecule has 0 atom stereocenters. The molecule has 4 heteroatoms. The van der Waals surface area contributed by atoms with Crippen LogP contribution in [0.5, 0.6) is 0 Å². The average Bonchev–Trinajstić information content (AvgIpc) is 2.49. The first-order chi connectivity index (χ1) is 9.34. The van der Waals surface area contributed by atoms with E-state index in [1.807, 2.05) is 42.5 Å². The lowest BCUT2D eigenvalue weighted by atomic mass is 10.0. The first-order valence-electron chi connectivity index (χ1n) is 5.91. The Morgan fingerprint density at radius 2 is 1.74 bits per heavy atom. The lowest BCUT2D eigenvalue weighted by molar-refractivity contribution is 0.994. The standard InChI is InChI=1S/C15H11N3O/c19-14-9-8-13(17-18-14)12-7-4-10-16-15(12)11-5-2-1-3-6-11/h1-10H,(H,18,19). The van der Waals surface area contributed by atoms with E-state index in [1.165, 1.54) is 6.07 Å². The highest BCUT2D eigenvalue weighted by Gasteiger charge is 2.09. The molecule has 3 rings (SSSR count). The zero-order valence-corrected chi connectivity index (χ0v) is 10.1. The molecule has 1 N–H and O–H groups in total. The minimum Gasteiger partial charge on any atom is -0.268 e. The molecule has 2 heterocycles. The summed E-state index contributed by atoms with van der Waals surface area (Å²) in [6.45, 7) is 0. The van der Waals surface area contributed by atoms with Crippen LogP contribution in [0.4, 0.5) is 0 Å². The number of nitrogens with one attached hydrogen (secondary N) is 1. The maximum absolute atomic E-state index is 11.1. The molecule has 2 aromatic heterocycles. The lowest BCUT2D eigenvalue weighted by Crippen LogP contribution is -2.06. The number of benzene rings is 1. The van der Waals surface area contributed by atoms with Gasteiger partial charge < -0.3 is 0 Å². The molecule has 0 saturated carbocycles. The number of aromatic amines is 1. The topological polar surface area (TPSA) is 58.6 Å². The minimum atomic E-state index is -0.214. The summed E-state index contributed by atoms with van der Waals surface area (Å²) in [5, 5.41) is 6.50. The van der Waals surface area contributed by atoms with Crippen LogP contribution >= 0.6 is 0 Å². The third-order valence-corrected chi connectivity index (χ3v) is 2.81. The summed E-state index contributed by atoms with van der Waals surface area (Å²) in [5.74, 6) is 0. The molecule has 0 aliphatic rings. The van der Waals surface area contributed by atoms with Crippen molar-refractivity contribution in [2.24, 2.45) is 0 Å². The summed E-state index contributed by atoms with van der Waals surface area (Å²) < 4.78 is 0. The molecule has 0 radical (unpaired) electrons. The van der Waals surface area contributed by atoms with E-state index in [4.69, 9.17) is 0 Å². The van der Waals surface area contributed by atoms with Crippen LogP contribution in [0.25, 0.3) is 22.5 Å². The molecular formula is C15H11N3O. The van der Waals surface area contributed by atoms with Crippen molar-refractivity contribution < 1.29 is 0 Å². The summed E-state index contributed by atoms with van der Waals surface area (Å²) in [7, 11) is 0. The summed E-state index contributed by atoms with van der Waals surface area (Å²) in [4.78, 5) is 15.5. The van der Waals surface area contributed by atoms with Crippen LogP contribution < -0.4 is 5.56 Å². The van der Waals surface area contributed by atoms with Gasteiger partial charge in [-0.05, 0) is 18.2 Å². The first kappa shape index (κ1) is 11.3. The molecule has 0 spiro atoms. The van der Waals surface area contributed by atoms with Crippen LogP contribution in [0.1, 0.15) is 0 Å². The third kappa shape index (κ3) is 2.28. The predicted molar refractivity (Wildman–Crippen MR) is 73.5 cm³/mol. The van der Waals surface area contributed by atoms with E-state index in [2.05, 4.69) is 15.2 Å². The van der Waals surface area contributed by atoms with Gasteiger partial charge >= 0.3 is 0 Å². The highest BCUT2D eigenvalue weighted by atomic mass is 16.1. The number of H-pyrrole nitrogens is 1. The minimum absolute atomic E-state index is 0.214. The van der Waals surface area contributed by atoms with E-state index >= 15 is 0 Å². The fourth-order valence-electron chi connectivity index (χ4n) is 1.93. The van der Waals surface area contributed by atoms with E-state index in [0.29, 0.717) is 5.69 Å². The molecule has 0 saturated heterocycles. The summed E-state index contributed by atoms with van der Waals surface area (Å²) in [5.41, 5.74) is 3.25. The van der Waals surface area contributed by atoms with Crippen molar-refractivity contribution in [2.45, 2.75) is 0 Å². The zero-order chi connectivity index (χ0) is 13.1. The van der Waals surface area contributed by atoms with Gasteiger partial charge in [-0.3, -0.25) is 9.78 Å². The van der Waals surface area contributed by atoms with Gasteiger partial charge in [-0.25, -0.2) is 5.10 Å². The molecule has 92 valence electrons. The van der Waals surface area contributed by atoms with Crippen LogP contribution in [-0.4, -0.2) is 15.2 Å². The van der Waals surface area contributed by atoms with Crippen molar-refractivity contribution in [3.8, 4) is 22.5 Å². The molecule has 3 aromatic rings. The Hall–Kier alpha value is -2.75. The predicted octanol–water partition coefficient (Wildman–Crippen LogP) is 2.50. The highest BCUT2D eigenvalue weighted by molar-refractivity contribution is 5.78. The third-order valence-electron chi connectivity index (χ3n) is 2.81. The van der Waals surface area contributed by atoms with Crippen molar-refractivity contribution in [1.82, 2.24) is 15.2 Å². The van der Waals surface area contributed by atoms with Gasteiger partial charge in [0.05, 0.1) is 11.4 Å². The Kier molecular flexibility index (Phi) is 2.90. The number of aromatic nitrogens is 3. The monoisotopic (exact) mass is 249 g/mol. The largest absolute Gasteiger partial charge is 0.268 e. The van der Waals surface area contributed by atoms with Crippen molar-refractivity contribution in [3.05, 3.63) is 71.1 Å². The molecule has 0 bridgehead atoms. The van der Waals surface area contributed by atoms with E-state index in [1.54, 1.807) is 12.3 Å². The van der Waals surface area contributed by atoms with Gasteiger partial charge in [0, 0.05) is 23.4 Å². The van der Waals surface area contributed by atoms with E-state index in [0.717, 1.165) is 16.8 Å². The number of pyridine rings is 1. The average molecular weight is 249 g/mol.